The molecule has 7 heteroatoms. The van der Waals surface area contributed by atoms with Gasteiger partial charge in [-0.1, -0.05) is 0 Å². The van der Waals surface area contributed by atoms with E-state index in [-0.39, 0.29) is 11.6 Å². The molecular formula is C14H20N4O3. The number of carboxylic acids is 1. The summed E-state index contributed by atoms with van der Waals surface area (Å²) in [6.45, 7) is 3.70. The molecule has 0 atom stereocenters. The number of hydrogen-bond donors (Lipinski definition) is 3. The molecule has 1 saturated heterocycles. The van der Waals surface area contributed by atoms with Gasteiger partial charge in [0, 0.05) is 26.6 Å². The number of amides is 1. The van der Waals surface area contributed by atoms with Crippen LogP contribution in [0.25, 0.3) is 0 Å². The predicted molar refractivity (Wildman–Crippen MR) is 79.2 cm³/mol. The number of pyridine rings is 1. The number of anilines is 2. The predicted octanol–water partition coefficient (Wildman–Crippen LogP) is 0.714. The van der Waals surface area contributed by atoms with Crippen LogP contribution in [0.1, 0.15) is 30.3 Å². The normalized spacial score (nSPS) is 15.8. The van der Waals surface area contributed by atoms with E-state index < -0.39 is 5.97 Å². The molecule has 2 rings (SSSR count). The van der Waals surface area contributed by atoms with Crippen LogP contribution in [0.5, 0.6) is 0 Å². The molecule has 0 bridgehead atoms. The second-order valence-electron chi connectivity index (χ2n) is 5.28. The van der Waals surface area contributed by atoms with Gasteiger partial charge in [0.15, 0.2) is 11.5 Å². The van der Waals surface area contributed by atoms with E-state index >= 15 is 0 Å². The number of nitrogens with one attached hydrogen (secondary N) is 1. The zero-order valence-corrected chi connectivity index (χ0v) is 12.0. The molecule has 1 aromatic heterocycles. The molecule has 0 saturated carbocycles. The Morgan fingerprint density at radius 3 is 2.67 bits per heavy atom. The Kier molecular flexibility index (Phi) is 4.62. The van der Waals surface area contributed by atoms with Gasteiger partial charge >= 0.3 is 5.97 Å². The van der Waals surface area contributed by atoms with Crippen molar-refractivity contribution < 1.29 is 14.7 Å². The minimum atomic E-state index is -1.06. The van der Waals surface area contributed by atoms with Crippen LogP contribution in [0.4, 0.5) is 11.5 Å². The lowest BCUT2D eigenvalue weighted by Gasteiger charge is -2.33. The lowest BCUT2D eigenvalue weighted by Crippen LogP contribution is -2.39. The monoisotopic (exact) mass is 292 g/mol. The van der Waals surface area contributed by atoms with E-state index in [0.29, 0.717) is 24.0 Å². The quantitative estimate of drug-likeness (QED) is 0.754. The number of piperidine rings is 1. The second-order valence-corrected chi connectivity index (χ2v) is 5.28. The van der Waals surface area contributed by atoms with Crippen LogP contribution in [-0.4, -0.2) is 41.6 Å². The summed E-state index contributed by atoms with van der Waals surface area (Å²) in [7, 11) is 0. The van der Waals surface area contributed by atoms with Gasteiger partial charge in [0.1, 0.15) is 0 Å². The minimum Gasteiger partial charge on any atom is -0.477 e. The van der Waals surface area contributed by atoms with E-state index in [1.54, 1.807) is 6.07 Å². The fraction of sp³-hybridized carbons (Fsp3) is 0.500. The number of nitrogen functional groups attached to an aromatic ring is 1. The number of aromatic carboxylic acids is 1. The van der Waals surface area contributed by atoms with Crippen molar-refractivity contribution in [2.75, 3.05) is 30.3 Å². The van der Waals surface area contributed by atoms with Gasteiger partial charge in [-0.25, -0.2) is 9.78 Å². The fourth-order valence-corrected chi connectivity index (χ4v) is 2.47. The first kappa shape index (κ1) is 15.1. The molecule has 1 aromatic rings. The number of carbonyl (C=O) groups is 2. The number of carboxylic acid groups (broad SMARTS) is 1. The maximum Gasteiger partial charge on any atom is 0.354 e. The smallest absolute Gasteiger partial charge is 0.354 e. The molecule has 0 aromatic carbocycles. The Morgan fingerprint density at radius 2 is 2.10 bits per heavy atom. The average Bonchev–Trinajstić information content (AvgIpc) is 2.46. The summed E-state index contributed by atoms with van der Waals surface area (Å²) in [5.74, 6) is -0.101. The average molecular weight is 292 g/mol. The van der Waals surface area contributed by atoms with Crippen molar-refractivity contribution in [1.82, 2.24) is 10.3 Å². The van der Waals surface area contributed by atoms with E-state index in [2.05, 4.69) is 10.3 Å². The molecule has 1 amide bonds. The van der Waals surface area contributed by atoms with Crippen LogP contribution in [0.2, 0.25) is 0 Å². The number of carbonyl (C=O) groups excluding carboxylic acids is 1. The van der Waals surface area contributed by atoms with Crippen molar-refractivity contribution >= 4 is 23.4 Å². The topological polar surface area (TPSA) is 109 Å². The first-order valence-corrected chi connectivity index (χ1v) is 6.96. The van der Waals surface area contributed by atoms with Crippen molar-refractivity contribution in [2.24, 2.45) is 5.92 Å². The Morgan fingerprint density at radius 1 is 1.43 bits per heavy atom. The summed E-state index contributed by atoms with van der Waals surface area (Å²) in [5.41, 5.74) is 6.39. The number of hydrogen-bond acceptors (Lipinski definition) is 5. The third-order valence-corrected chi connectivity index (χ3v) is 3.68. The zero-order chi connectivity index (χ0) is 15.4. The molecule has 1 fully saturated rings. The van der Waals surface area contributed by atoms with Gasteiger partial charge in [-0.05, 0) is 30.9 Å². The van der Waals surface area contributed by atoms with E-state index in [1.165, 1.54) is 13.0 Å². The molecular weight excluding hydrogens is 272 g/mol. The third kappa shape index (κ3) is 3.84. The van der Waals surface area contributed by atoms with Crippen LogP contribution >= 0.6 is 0 Å². The van der Waals surface area contributed by atoms with E-state index in [0.717, 1.165) is 25.9 Å². The Labute approximate surface area is 123 Å². The highest BCUT2D eigenvalue weighted by Gasteiger charge is 2.22. The lowest BCUT2D eigenvalue weighted by molar-refractivity contribution is -0.119. The molecule has 114 valence electrons. The van der Waals surface area contributed by atoms with Crippen LogP contribution in [0.3, 0.4) is 0 Å². The summed E-state index contributed by atoms with van der Waals surface area (Å²) in [4.78, 5) is 28.0. The standard InChI is InChI=1S/C14H20N4O3/c1-9(19)16-8-10-4-6-18(7-5-10)13-11(15)2-3-12(17-13)14(20)21/h2-3,10H,4-8,15H2,1H3,(H,16,19)(H,20,21). The van der Waals surface area contributed by atoms with Gasteiger partial charge in [-0.2, -0.15) is 0 Å². The second kappa shape index (κ2) is 6.43. The largest absolute Gasteiger partial charge is 0.477 e. The summed E-state index contributed by atoms with van der Waals surface area (Å²) < 4.78 is 0. The minimum absolute atomic E-state index is 0.000398. The van der Waals surface area contributed by atoms with Crippen molar-refractivity contribution in [2.45, 2.75) is 19.8 Å². The Hall–Kier alpha value is -2.31. The van der Waals surface area contributed by atoms with Gasteiger partial charge in [0.05, 0.1) is 5.69 Å². The number of nitrogens with two attached hydrogens (primary N) is 1. The lowest BCUT2D eigenvalue weighted by atomic mass is 9.96. The first-order chi connectivity index (χ1) is 9.97. The number of rotatable bonds is 4. The first-order valence-electron chi connectivity index (χ1n) is 6.96. The van der Waals surface area contributed by atoms with E-state index in [9.17, 15) is 9.59 Å². The van der Waals surface area contributed by atoms with Gasteiger partial charge in [0.2, 0.25) is 5.91 Å². The zero-order valence-electron chi connectivity index (χ0n) is 12.0. The van der Waals surface area contributed by atoms with Gasteiger partial charge in [-0.15, -0.1) is 0 Å². The maximum absolute atomic E-state index is 11.0. The highest BCUT2D eigenvalue weighted by molar-refractivity contribution is 5.87. The molecule has 0 aliphatic carbocycles. The molecule has 2 heterocycles. The molecule has 4 N–H and O–H groups in total. The molecule has 1 aliphatic rings. The molecule has 0 unspecified atom stereocenters. The van der Waals surface area contributed by atoms with Crippen molar-refractivity contribution in [1.29, 1.82) is 0 Å². The summed E-state index contributed by atoms with van der Waals surface area (Å²) in [6, 6.07) is 2.99. The Balaban J connectivity index is 2.00. The highest BCUT2D eigenvalue weighted by Crippen LogP contribution is 2.26. The molecule has 0 radical (unpaired) electrons. The number of aromatic nitrogens is 1. The van der Waals surface area contributed by atoms with Gasteiger partial charge in [-0.3, -0.25) is 4.79 Å². The fourth-order valence-electron chi connectivity index (χ4n) is 2.47. The van der Waals surface area contributed by atoms with E-state index in [4.69, 9.17) is 10.8 Å². The van der Waals surface area contributed by atoms with E-state index in [1.807, 2.05) is 4.90 Å². The van der Waals surface area contributed by atoms with Crippen molar-refractivity contribution in [3.8, 4) is 0 Å². The van der Waals surface area contributed by atoms with Crippen LogP contribution < -0.4 is 16.0 Å². The van der Waals surface area contributed by atoms with Gasteiger partial charge < -0.3 is 21.1 Å². The van der Waals surface area contributed by atoms with Crippen LogP contribution in [0.15, 0.2) is 12.1 Å². The summed E-state index contributed by atoms with van der Waals surface area (Å²) in [6.07, 6.45) is 1.83. The molecule has 7 nitrogen and oxygen atoms in total. The van der Waals surface area contributed by atoms with Crippen molar-refractivity contribution in [3.05, 3.63) is 17.8 Å². The summed E-state index contributed by atoms with van der Waals surface area (Å²) in [5, 5.41) is 11.8. The summed E-state index contributed by atoms with van der Waals surface area (Å²) >= 11 is 0. The van der Waals surface area contributed by atoms with Gasteiger partial charge in [0.25, 0.3) is 0 Å². The Bertz CT molecular complexity index is 539. The number of nitrogens with zero attached hydrogens (tertiary/aromatic N) is 2. The third-order valence-electron chi connectivity index (χ3n) is 3.68. The van der Waals surface area contributed by atoms with Crippen molar-refractivity contribution in [3.63, 3.8) is 0 Å². The van der Waals surface area contributed by atoms with Crippen LogP contribution in [0, 0.1) is 5.92 Å². The van der Waals surface area contributed by atoms with Crippen LogP contribution in [-0.2, 0) is 4.79 Å². The molecule has 21 heavy (non-hydrogen) atoms. The molecule has 0 spiro atoms. The maximum atomic E-state index is 11.0. The highest BCUT2D eigenvalue weighted by atomic mass is 16.4. The SMILES string of the molecule is CC(=O)NCC1CCN(c2nc(C(=O)O)ccc2N)CC1. The molecule has 1 aliphatic heterocycles.